The summed E-state index contributed by atoms with van der Waals surface area (Å²) in [6.45, 7) is 6.51. The van der Waals surface area contributed by atoms with Crippen LogP contribution in [0.1, 0.15) is 31.9 Å². The lowest BCUT2D eigenvalue weighted by molar-refractivity contribution is -0.0195. The van der Waals surface area contributed by atoms with Crippen LogP contribution in [0.3, 0.4) is 0 Å². The van der Waals surface area contributed by atoms with E-state index in [1.807, 2.05) is 32.9 Å². The second kappa shape index (κ2) is 4.69. The maximum Gasteiger partial charge on any atom is 0.161 e. The summed E-state index contributed by atoms with van der Waals surface area (Å²) in [5.41, 5.74) is 0.895. The standard InChI is InChI=1S/C15H23NO3/c1-14(2,17)15(3)11-9-13(19-5)12(18-4)8-10(11)6-7-16-15/h8-9,16-17H,6-7H2,1-5H3/t15-/m1/s1. The van der Waals surface area contributed by atoms with Crippen LogP contribution in [-0.4, -0.2) is 31.5 Å². The Morgan fingerprint density at radius 2 is 1.79 bits per heavy atom. The van der Waals surface area contributed by atoms with E-state index >= 15 is 0 Å². The Kier molecular flexibility index (Phi) is 3.49. The first-order valence-electron chi connectivity index (χ1n) is 6.56. The minimum atomic E-state index is -0.873. The molecule has 0 aromatic heterocycles. The Bertz CT molecular complexity index is 479. The quantitative estimate of drug-likeness (QED) is 0.875. The van der Waals surface area contributed by atoms with E-state index in [-0.39, 0.29) is 0 Å². The summed E-state index contributed by atoms with van der Waals surface area (Å²) in [5, 5.41) is 13.9. The molecule has 1 aliphatic rings. The number of benzene rings is 1. The first-order chi connectivity index (χ1) is 8.83. The molecule has 4 nitrogen and oxygen atoms in total. The summed E-state index contributed by atoms with van der Waals surface area (Å²) < 4.78 is 10.7. The number of rotatable bonds is 3. The molecule has 0 fully saturated rings. The molecule has 0 aliphatic carbocycles. The van der Waals surface area contributed by atoms with Crippen molar-refractivity contribution >= 4 is 0 Å². The molecule has 0 saturated heterocycles. The van der Waals surface area contributed by atoms with Crippen molar-refractivity contribution in [2.24, 2.45) is 0 Å². The molecule has 0 bridgehead atoms. The minimum absolute atomic E-state index is 0.500. The van der Waals surface area contributed by atoms with Crippen molar-refractivity contribution in [1.82, 2.24) is 5.32 Å². The average molecular weight is 265 g/mol. The van der Waals surface area contributed by atoms with Crippen molar-refractivity contribution in [3.63, 3.8) is 0 Å². The van der Waals surface area contributed by atoms with Gasteiger partial charge >= 0.3 is 0 Å². The molecule has 1 heterocycles. The highest BCUT2D eigenvalue weighted by molar-refractivity contribution is 5.51. The summed E-state index contributed by atoms with van der Waals surface area (Å²) in [5.74, 6) is 1.43. The predicted molar refractivity (Wildman–Crippen MR) is 74.9 cm³/mol. The maximum atomic E-state index is 10.5. The van der Waals surface area contributed by atoms with Crippen molar-refractivity contribution < 1.29 is 14.6 Å². The average Bonchev–Trinajstić information content (AvgIpc) is 2.36. The van der Waals surface area contributed by atoms with Crippen LogP contribution in [0.15, 0.2) is 12.1 Å². The van der Waals surface area contributed by atoms with Gasteiger partial charge in [0.1, 0.15) is 0 Å². The van der Waals surface area contributed by atoms with E-state index in [4.69, 9.17) is 9.47 Å². The van der Waals surface area contributed by atoms with Crippen LogP contribution in [0.2, 0.25) is 0 Å². The van der Waals surface area contributed by atoms with Gasteiger partial charge in [0.15, 0.2) is 11.5 Å². The van der Waals surface area contributed by atoms with Gasteiger partial charge in [0.2, 0.25) is 0 Å². The first-order valence-corrected chi connectivity index (χ1v) is 6.56. The molecule has 1 aromatic carbocycles. The van der Waals surface area contributed by atoms with Gasteiger partial charge in [-0.2, -0.15) is 0 Å². The van der Waals surface area contributed by atoms with E-state index in [2.05, 4.69) is 5.32 Å². The summed E-state index contributed by atoms with van der Waals surface area (Å²) in [6, 6.07) is 3.98. The van der Waals surface area contributed by atoms with E-state index in [1.54, 1.807) is 14.2 Å². The van der Waals surface area contributed by atoms with Crippen molar-refractivity contribution in [3.8, 4) is 11.5 Å². The Morgan fingerprint density at radius 1 is 1.21 bits per heavy atom. The smallest absolute Gasteiger partial charge is 0.161 e. The van der Waals surface area contributed by atoms with Gasteiger partial charge in [0.05, 0.1) is 25.4 Å². The highest BCUT2D eigenvalue weighted by Gasteiger charge is 2.44. The molecule has 1 aliphatic heterocycles. The fourth-order valence-corrected chi connectivity index (χ4v) is 2.68. The van der Waals surface area contributed by atoms with Crippen LogP contribution in [0, 0.1) is 0 Å². The highest BCUT2D eigenvalue weighted by atomic mass is 16.5. The van der Waals surface area contributed by atoms with Gasteiger partial charge in [-0.1, -0.05) is 0 Å². The van der Waals surface area contributed by atoms with Crippen LogP contribution < -0.4 is 14.8 Å². The summed E-state index contributed by atoms with van der Waals surface area (Å²) in [6.07, 6.45) is 0.918. The van der Waals surface area contributed by atoms with Gasteiger partial charge in [-0.05, 0) is 50.5 Å². The zero-order chi connectivity index (χ0) is 14.3. The Hall–Kier alpha value is -1.26. The molecule has 4 heteroatoms. The lowest BCUT2D eigenvalue weighted by Crippen LogP contribution is -2.58. The van der Waals surface area contributed by atoms with Crippen LogP contribution in [-0.2, 0) is 12.0 Å². The monoisotopic (exact) mass is 265 g/mol. The third-order valence-electron chi connectivity index (χ3n) is 4.24. The highest BCUT2D eigenvalue weighted by Crippen LogP contribution is 2.42. The van der Waals surface area contributed by atoms with Gasteiger partial charge in [0.25, 0.3) is 0 Å². The third kappa shape index (κ3) is 2.19. The molecular formula is C15H23NO3. The number of methoxy groups -OCH3 is 2. The van der Waals surface area contributed by atoms with E-state index in [0.717, 1.165) is 24.3 Å². The molecule has 2 N–H and O–H groups in total. The number of hydrogen-bond acceptors (Lipinski definition) is 4. The second-order valence-corrected chi connectivity index (χ2v) is 5.73. The van der Waals surface area contributed by atoms with Gasteiger partial charge in [0, 0.05) is 6.54 Å². The number of fused-ring (bicyclic) bond motifs is 1. The summed E-state index contributed by atoms with van der Waals surface area (Å²) in [4.78, 5) is 0. The van der Waals surface area contributed by atoms with Crippen LogP contribution >= 0.6 is 0 Å². The molecule has 0 saturated carbocycles. The first kappa shape index (κ1) is 14.2. The lowest BCUT2D eigenvalue weighted by Gasteiger charge is -2.45. The summed E-state index contributed by atoms with van der Waals surface area (Å²) in [7, 11) is 3.27. The molecular weight excluding hydrogens is 242 g/mol. The zero-order valence-electron chi connectivity index (χ0n) is 12.3. The molecule has 1 atom stereocenters. The second-order valence-electron chi connectivity index (χ2n) is 5.73. The van der Waals surface area contributed by atoms with Gasteiger partial charge in [-0.25, -0.2) is 0 Å². The predicted octanol–water partition coefficient (Wildman–Crippen LogP) is 1.84. The molecule has 0 radical (unpaired) electrons. The number of nitrogens with one attached hydrogen (secondary N) is 1. The van der Waals surface area contributed by atoms with E-state index in [0.29, 0.717) is 5.75 Å². The molecule has 19 heavy (non-hydrogen) atoms. The van der Waals surface area contributed by atoms with E-state index in [9.17, 15) is 5.11 Å². The molecule has 0 amide bonds. The fourth-order valence-electron chi connectivity index (χ4n) is 2.68. The Labute approximate surface area is 114 Å². The normalized spacial score (nSPS) is 22.8. The van der Waals surface area contributed by atoms with E-state index in [1.165, 1.54) is 5.56 Å². The minimum Gasteiger partial charge on any atom is -0.493 e. The summed E-state index contributed by atoms with van der Waals surface area (Å²) >= 11 is 0. The number of aliphatic hydroxyl groups is 1. The number of hydrogen-bond donors (Lipinski definition) is 2. The van der Waals surface area contributed by atoms with Gasteiger partial charge < -0.3 is 19.9 Å². The van der Waals surface area contributed by atoms with Crippen molar-refractivity contribution in [2.45, 2.75) is 38.3 Å². The van der Waals surface area contributed by atoms with Gasteiger partial charge in [-0.3, -0.25) is 0 Å². The topological polar surface area (TPSA) is 50.7 Å². The number of ether oxygens (including phenoxy) is 2. The Balaban J connectivity index is 2.62. The van der Waals surface area contributed by atoms with Crippen molar-refractivity contribution in [2.75, 3.05) is 20.8 Å². The molecule has 0 spiro atoms. The van der Waals surface area contributed by atoms with Crippen LogP contribution in [0.25, 0.3) is 0 Å². The zero-order valence-corrected chi connectivity index (χ0v) is 12.3. The van der Waals surface area contributed by atoms with Crippen LogP contribution in [0.5, 0.6) is 11.5 Å². The van der Waals surface area contributed by atoms with Crippen molar-refractivity contribution in [3.05, 3.63) is 23.3 Å². The fraction of sp³-hybridized carbons (Fsp3) is 0.600. The van der Waals surface area contributed by atoms with Gasteiger partial charge in [-0.15, -0.1) is 0 Å². The lowest BCUT2D eigenvalue weighted by atomic mass is 9.73. The van der Waals surface area contributed by atoms with E-state index < -0.39 is 11.1 Å². The van der Waals surface area contributed by atoms with Crippen molar-refractivity contribution in [1.29, 1.82) is 0 Å². The molecule has 2 rings (SSSR count). The largest absolute Gasteiger partial charge is 0.493 e. The molecule has 1 aromatic rings. The Morgan fingerprint density at radius 3 is 2.32 bits per heavy atom. The molecule has 106 valence electrons. The third-order valence-corrected chi connectivity index (χ3v) is 4.24. The van der Waals surface area contributed by atoms with Crippen LogP contribution in [0.4, 0.5) is 0 Å². The maximum absolute atomic E-state index is 10.5. The molecule has 0 unspecified atom stereocenters. The SMILES string of the molecule is COc1cc2c(cc1OC)[C@](C)(C(C)(C)O)NCC2.